The Morgan fingerprint density at radius 3 is 2.38 bits per heavy atom. The van der Waals surface area contributed by atoms with Gasteiger partial charge in [0.2, 0.25) is 5.95 Å². The molecule has 1 aliphatic rings. The van der Waals surface area contributed by atoms with Crippen LogP contribution < -0.4 is 10.9 Å². The molecule has 12 heteroatoms. The largest absolute Gasteiger partial charge is 0.324 e. The van der Waals surface area contributed by atoms with E-state index in [-0.39, 0.29) is 17.0 Å². The molecule has 1 aliphatic heterocycles. The molecule has 0 bridgehead atoms. The standard InChI is InChI=1S/C38H40N8O3S/c1-25-7-5-6-8-30(25)24-45-36-31(23-40-38(42-36)41-32-11-9-28(10-12-32)21-29-15-19-44(4)20-16-29)22-34(37(45)47)35-26(2)43-46(27(35)3)50(48,49)33-13-17-39-18-14-33/h5-14,17-18,22-23,29H,15-16,19-21,24H2,1-4H3,(H,40,41,42). The third-order valence-electron chi connectivity index (χ3n) is 9.69. The molecule has 4 aromatic heterocycles. The quantitative estimate of drug-likeness (QED) is 0.198. The molecule has 0 radical (unpaired) electrons. The molecule has 5 heterocycles. The van der Waals surface area contributed by atoms with Gasteiger partial charge < -0.3 is 10.2 Å². The minimum absolute atomic E-state index is 0.0560. The van der Waals surface area contributed by atoms with Crippen LogP contribution in [0.5, 0.6) is 0 Å². The SMILES string of the molecule is Cc1ccccc1Cn1c(=O)c(-c2c(C)nn(S(=O)(=O)c3ccncc3)c2C)cc2cnc(Nc3ccc(CC4CCN(C)CC4)cc3)nc21. The van der Waals surface area contributed by atoms with Crippen LogP contribution in [0, 0.1) is 26.7 Å². The molecule has 1 N–H and O–H groups in total. The maximum atomic E-state index is 14.5. The van der Waals surface area contributed by atoms with Crippen LogP contribution in [-0.2, 0) is 23.0 Å². The highest BCUT2D eigenvalue weighted by molar-refractivity contribution is 7.89. The van der Waals surface area contributed by atoms with Gasteiger partial charge in [0.25, 0.3) is 15.6 Å². The zero-order valence-electron chi connectivity index (χ0n) is 28.7. The van der Waals surface area contributed by atoms with Gasteiger partial charge in [-0.2, -0.15) is 22.6 Å². The molecule has 2 aromatic carbocycles. The zero-order chi connectivity index (χ0) is 35.0. The molecule has 1 fully saturated rings. The van der Waals surface area contributed by atoms with Crippen molar-refractivity contribution in [1.82, 2.24) is 33.6 Å². The number of nitrogens with one attached hydrogen (secondary N) is 1. The monoisotopic (exact) mass is 688 g/mol. The number of aromatic nitrogens is 6. The van der Waals surface area contributed by atoms with E-state index >= 15 is 0 Å². The molecule has 0 saturated carbocycles. The molecule has 0 amide bonds. The molecule has 50 heavy (non-hydrogen) atoms. The second kappa shape index (κ2) is 13.6. The van der Waals surface area contributed by atoms with Crippen LogP contribution in [0.1, 0.15) is 40.9 Å². The number of piperidine rings is 1. The molecule has 0 unspecified atom stereocenters. The van der Waals surface area contributed by atoms with Gasteiger partial charge in [-0.15, -0.1) is 0 Å². The Morgan fingerprint density at radius 2 is 1.66 bits per heavy atom. The normalized spacial score (nSPS) is 14.3. The lowest BCUT2D eigenvalue weighted by Crippen LogP contribution is -2.30. The summed E-state index contributed by atoms with van der Waals surface area (Å²) in [6.45, 7) is 7.94. The molecule has 11 nitrogen and oxygen atoms in total. The van der Waals surface area contributed by atoms with E-state index in [0.717, 1.165) is 40.4 Å². The lowest BCUT2D eigenvalue weighted by Gasteiger charge is -2.28. The van der Waals surface area contributed by atoms with Crippen molar-refractivity contribution in [2.75, 3.05) is 25.5 Å². The molecule has 6 aromatic rings. The van der Waals surface area contributed by atoms with E-state index in [0.29, 0.717) is 45.4 Å². The lowest BCUT2D eigenvalue weighted by atomic mass is 9.90. The first kappa shape index (κ1) is 33.3. The summed E-state index contributed by atoms with van der Waals surface area (Å²) >= 11 is 0. The van der Waals surface area contributed by atoms with E-state index in [4.69, 9.17) is 4.98 Å². The highest BCUT2D eigenvalue weighted by Gasteiger charge is 2.27. The van der Waals surface area contributed by atoms with Crippen molar-refractivity contribution in [3.8, 4) is 11.1 Å². The van der Waals surface area contributed by atoms with Crippen LogP contribution >= 0.6 is 0 Å². The zero-order valence-corrected chi connectivity index (χ0v) is 29.5. The second-order valence-electron chi connectivity index (χ2n) is 13.2. The van der Waals surface area contributed by atoms with Gasteiger partial charge in [-0.05, 0) is 113 Å². The van der Waals surface area contributed by atoms with E-state index in [2.05, 4.69) is 44.5 Å². The van der Waals surface area contributed by atoms with Gasteiger partial charge in [0.15, 0.2) is 0 Å². The molecule has 0 aliphatic carbocycles. The molecular formula is C38H40N8O3S. The highest BCUT2D eigenvalue weighted by atomic mass is 32.2. The Balaban J connectivity index is 1.27. The number of anilines is 2. The van der Waals surface area contributed by atoms with Crippen molar-refractivity contribution in [1.29, 1.82) is 0 Å². The predicted molar refractivity (Wildman–Crippen MR) is 195 cm³/mol. The summed E-state index contributed by atoms with van der Waals surface area (Å²) in [6.07, 6.45) is 8.05. The summed E-state index contributed by atoms with van der Waals surface area (Å²) in [5, 5.41) is 8.36. The number of aryl methyl sites for hydroxylation is 2. The Hall–Kier alpha value is -5.20. The molecule has 1 saturated heterocycles. The fourth-order valence-electron chi connectivity index (χ4n) is 6.81. The van der Waals surface area contributed by atoms with Crippen molar-refractivity contribution in [2.24, 2.45) is 5.92 Å². The van der Waals surface area contributed by atoms with Crippen LogP contribution in [0.25, 0.3) is 22.2 Å². The fourth-order valence-corrected chi connectivity index (χ4v) is 8.16. The van der Waals surface area contributed by atoms with E-state index in [1.165, 1.54) is 42.9 Å². The van der Waals surface area contributed by atoms with Crippen LogP contribution in [0.2, 0.25) is 0 Å². The predicted octanol–water partition coefficient (Wildman–Crippen LogP) is 5.89. The summed E-state index contributed by atoms with van der Waals surface area (Å²) in [5.74, 6) is 1.08. The number of hydrogen-bond donors (Lipinski definition) is 1. The van der Waals surface area contributed by atoms with Gasteiger partial charge >= 0.3 is 0 Å². The summed E-state index contributed by atoms with van der Waals surface area (Å²) in [4.78, 5) is 30.4. The minimum Gasteiger partial charge on any atom is -0.324 e. The summed E-state index contributed by atoms with van der Waals surface area (Å²) in [7, 11) is -1.84. The van der Waals surface area contributed by atoms with Gasteiger partial charge in [0, 0.05) is 35.2 Å². The van der Waals surface area contributed by atoms with E-state index in [1.54, 1.807) is 30.7 Å². The van der Waals surface area contributed by atoms with E-state index in [9.17, 15) is 13.2 Å². The van der Waals surface area contributed by atoms with E-state index in [1.807, 2.05) is 43.3 Å². The minimum atomic E-state index is -4.02. The van der Waals surface area contributed by atoms with Crippen LogP contribution in [-0.4, -0.2) is 62.2 Å². The average molecular weight is 689 g/mol. The van der Waals surface area contributed by atoms with Crippen molar-refractivity contribution < 1.29 is 8.42 Å². The third kappa shape index (κ3) is 6.56. The van der Waals surface area contributed by atoms with Gasteiger partial charge in [-0.25, -0.2) is 4.98 Å². The maximum Gasteiger partial charge on any atom is 0.283 e. The smallest absolute Gasteiger partial charge is 0.283 e. The topological polar surface area (TPSA) is 128 Å². The third-order valence-corrected chi connectivity index (χ3v) is 11.4. The van der Waals surface area contributed by atoms with Gasteiger partial charge in [-0.3, -0.25) is 14.3 Å². The number of hydrogen-bond acceptors (Lipinski definition) is 9. The molecule has 0 atom stereocenters. The Labute approximate surface area is 291 Å². The van der Waals surface area contributed by atoms with Crippen LogP contribution in [0.4, 0.5) is 11.6 Å². The summed E-state index contributed by atoms with van der Waals surface area (Å²) in [6, 6.07) is 20.9. The van der Waals surface area contributed by atoms with Crippen molar-refractivity contribution in [2.45, 2.75) is 51.5 Å². The van der Waals surface area contributed by atoms with Crippen LogP contribution in [0.15, 0.2) is 95.0 Å². The number of fused-ring (bicyclic) bond motifs is 1. The number of benzene rings is 2. The first-order valence-electron chi connectivity index (χ1n) is 16.8. The molecule has 256 valence electrons. The number of rotatable bonds is 9. The van der Waals surface area contributed by atoms with Gasteiger partial charge in [0.05, 0.1) is 28.4 Å². The lowest BCUT2D eigenvalue weighted by molar-refractivity contribution is 0.219. The van der Waals surface area contributed by atoms with Crippen molar-refractivity contribution >= 4 is 32.7 Å². The first-order chi connectivity index (χ1) is 24.1. The Morgan fingerprint density at radius 1 is 0.940 bits per heavy atom. The van der Waals surface area contributed by atoms with Crippen LogP contribution in [0.3, 0.4) is 0 Å². The molecular weight excluding hydrogens is 649 g/mol. The number of likely N-dealkylation sites (tertiary alicyclic amines) is 1. The fraction of sp³-hybridized carbons (Fsp3) is 0.289. The van der Waals surface area contributed by atoms with E-state index < -0.39 is 10.0 Å². The Bertz CT molecular complexity index is 2340. The first-order valence-corrected chi connectivity index (χ1v) is 18.2. The number of nitrogens with zero attached hydrogens (tertiary/aromatic N) is 7. The van der Waals surface area contributed by atoms with Crippen molar-refractivity contribution in [3.05, 3.63) is 124 Å². The van der Waals surface area contributed by atoms with Gasteiger partial charge in [0.1, 0.15) is 5.65 Å². The Kier molecular flexibility index (Phi) is 9.06. The summed E-state index contributed by atoms with van der Waals surface area (Å²) < 4.78 is 29.8. The summed E-state index contributed by atoms with van der Waals surface area (Å²) in [5.41, 5.74) is 5.84. The second-order valence-corrected chi connectivity index (χ2v) is 15.0. The average Bonchev–Trinajstić information content (AvgIpc) is 3.42. The van der Waals surface area contributed by atoms with Crippen molar-refractivity contribution in [3.63, 3.8) is 0 Å². The molecule has 0 spiro atoms. The maximum absolute atomic E-state index is 14.5. The number of pyridine rings is 2. The molecule has 7 rings (SSSR count). The highest BCUT2D eigenvalue weighted by Crippen LogP contribution is 2.30. The van der Waals surface area contributed by atoms with Gasteiger partial charge in [-0.1, -0.05) is 36.4 Å².